The molecule has 0 heterocycles. The van der Waals surface area contributed by atoms with Crippen molar-refractivity contribution in [1.29, 1.82) is 0 Å². The summed E-state index contributed by atoms with van der Waals surface area (Å²) in [7, 11) is -4.23. The average Bonchev–Trinajstić information content (AvgIpc) is 2.82. The van der Waals surface area contributed by atoms with Crippen LogP contribution in [0.3, 0.4) is 0 Å². The Morgan fingerprint density at radius 1 is 0.600 bits per heavy atom. The van der Waals surface area contributed by atoms with Crippen LogP contribution in [0.15, 0.2) is 41.3 Å². The van der Waals surface area contributed by atoms with Crippen LogP contribution in [0.25, 0.3) is 10.8 Å². The SMILES string of the molecule is CCCCCCCCCCCCCCCCCCCCc1ccc2ccccc2c1S(=O)(=O)O.N. The van der Waals surface area contributed by atoms with Crippen LogP contribution in [-0.4, -0.2) is 13.0 Å². The monoisotopic (exact) mass is 505 g/mol. The van der Waals surface area contributed by atoms with Crippen LogP contribution in [0.2, 0.25) is 0 Å². The van der Waals surface area contributed by atoms with Gasteiger partial charge < -0.3 is 6.15 Å². The highest BCUT2D eigenvalue weighted by Gasteiger charge is 2.18. The number of aryl methyl sites for hydroxylation is 1. The third-order valence-corrected chi connectivity index (χ3v) is 8.02. The predicted octanol–water partition coefficient (Wildman–Crippen LogP) is 9.83. The quantitative estimate of drug-likeness (QED) is 0.138. The van der Waals surface area contributed by atoms with E-state index in [1.165, 1.54) is 103 Å². The first-order chi connectivity index (χ1) is 16.5. The van der Waals surface area contributed by atoms with E-state index in [1.54, 1.807) is 6.07 Å². The van der Waals surface area contributed by atoms with Crippen molar-refractivity contribution < 1.29 is 13.0 Å². The molecule has 0 unspecified atom stereocenters. The van der Waals surface area contributed by atoms with Crippen molar-refractivity contribution in [2.24, 2.45) is 0 Å². The molecule has 0 spiro atoms. The normalized spacial score (nSPS) is 11.6. The van der Waals surface area contributed by atoms with Gasteiger partial charge in [0.1, 0.15) is 4.90 Å². The second kappa shape index (κ2) is 18.8. The van der Waals surface area contributed by atoms with Gasteiger partial charge in [0.25, 0.3) is 10.1 Å². The lowest BCUT2D eigenvalue weighted by Crippen LogP contribution is -2.04. The average molecular weight is 506 g/mol. The van der Waals surface area contributed by atoms with E-state index in [4.69, 9.17) is 0 Å². The van der Waals surface area contributed by atoms with Crippen LogP contribution in [0.4, 0.5) is 0 Å². The maximum atomic E-state index is 12.0. The van der Waals surface area contributed by atoms with E-state index in [1.807, 2.05) is 30.3 Å². The van der Waals surface area contributed by atoms with Gasteiger partial charge in [-0.25, -0.2) is 0 Å². The minimum absolute atomic E-state index is 0. The Morgan fingerprint density at radius 2 is 1.03 bits per heavy atom. The molecule has 0 radical (unpaired) electrons. The van der Waals surface area contributed by atoms with Crippen LogP contribution in [0.1, 0.15) is 128 Å². The highest BCUT2D eigenvalue weighted by molar-refractivity contribution is 7.86. The molecule has 0 amide bonds. The topological polar surface area (TPSA) is 89.4 Å². The smallest absolute Gasteiger partial charge is 0.295 e. The summed E-state index contributed by atoms with van der Waals surface area (Å²) in [5, 5.41) is 1.46. The number of hydrogen-bond acceptors (Lipinski definition) is 3. The van der Waals surface area contributed by atoms with Gasteiger partial charge in [-0.15, -0.1) is 0 Å². The Kier molecular flexibility index (Phi) is 17.0. The van der Waals surface area contributed by atoms with Gasteiger partial charge in [0, 0.05) is 5.39 Å². The van der Waals surface area contributed by atoms with E-state index in [-0.39, 0.29) is 11.0 Å². The van der Waals surface area contributed by atoms with Crippen LogP contribution in [0, 0.1) is 0 Å². The van der Waals surface area contributed by atoms with Crippen LogP contribution < -0.4 is 6.15 Å². The fraction of sp³-hybridized carbons (Fsp3) is 0.667. The van der Waals surface area contributed by atoms with E-state index >= 15 is 0 Å². The molecule has 0 aliphatic rings. The molecular weight excluding hydrogens is 454 g/mol. The molecule has 0 aliphatic carbocycles. The van der Waals surface area contributed by atoms with E-state index in [0.29, 0.717) is 11.8 Å². The Morgan fingerprint density at radius 3 is 1.49 bits per heavy atom. The molecule has 2 rings (SSSR count). The zero-order valence-corrected chi connectivity index (χ0v) is 23.1. The Balaban J connectivity index is 0.00000612. The summed E-state index contributed by atoms with van der Waals surface area (Å²) in [5.41, 5.74) is 0.734. The van der Waals surface area contributed by atoms with Gasteiger partial charge in [-0.05, 0) is 23.8 Å². The van der Waals surface area contributed by atoms with Gasteiger partial charge >= 0.3 is 0 Å². The third-order valence-electron chi connectivity index (χ3n) is 7.02. The molecule has 4 N–H and O–H groups in total. The number of fused-ring (bicyclic) bond motifs is 1. The standard InChI is InChI=1S/C30H48O3S.H3N/c1-2-3-4-5-6-7-8-9-10-11-12-13-14-15-16-17-18-19-23-28-26-25-27-22-20-21-24-29(27)30(28)34(31,32)33;/h20-22,24-26H,2-19,23H2,1H3,(H,31,32,33);1H3. The first-order valence-corrected chi connectivity index (χ1v) is 15.5. The van der Waals surface area contributed by atoms with Crippen molar-refractivity contribution in [3.05, 3.63) is 42.0 Å². The van der Waals surface area contributed by atoms with E-state index in [2.05, 4.69) is 6.92 Å². The molecule has 2 aromatic rings. The fourth-order valence-electron chi connectivity index (χ4n) is 5.01. The fourth-order valence-corrected chi connectivity index (χ4v) is 5.97. The first-order valence-electron chi connectivity index (χ1n) is 14.0. The lowest BCUT2D eigenvalue weighted by Gasteiger charge is -2.11. The predicted molar refractivity (Wildman–Crippen MR) is 151 cm³/mol. The maximum Gasteiger partial charge on any atom is 0.295 e. The van der Waals surface area contributed by atoms with Crippen molar-refractivity contribution in [2.75, 3.05) is 0 Å². The summed E-state index contributed by atoms with van der Waals surface area (Å²) in [6, 6.07) is 11.2. The summed E-state index contributed by atoms with van der Waals surface area (Å²) < 4.78 is 33.8. The minimum Gasteiger partial charge on any atom is -0.344 e. The molecule has 35 heavy (non-hydrogen) atoms. The van der Waals surface area contributed by atoms with Crippen LogP contribution >= 0.6 is 0 Å². The van der Waals surface area contributed by atoms with Crippen molar-refractivity contribution in [3.63, 3.8) is 0 Å². The second-order valence-corrected chi connectivity index (χ2v) is 11.4. The molecule has 0 aliphatic heterocycles. The largest absolute Gasteiger partial charge is 0.344 e. The van der Waals surface area contributed by atoms with E-state index < -0.39 is 10.1 Å². The highest BCUT2D eigenvalue weighted by atomic mass is 32.2. The summed E-state index contributed by atoms with van der Waals surface area (Å²) in [5.74, 6) is 0. The summed E-state index contributed by atoms with van der Waals surface area (Å²) in [6.07, 6.45) is 24.8. The Labute approximate surface area is 215 Å². The van der Waals surface area contributed by atoms with Crippen LogP contribution in [0.5, 0.6) is 0 Å². The molecule has 4 nitrogen and oxygen atoms in total. The van der Waals surface area contributed by atoms with Crippen molar-refractivity contribution >= 4 is 20.9 Å². The molecule has 0 bridgehead atoms. The Hall–Kier alpha value is -1.43. The third kappa shape index (κ3) is 12.9. The number of rotatable bonds is 20. The van der Waals surface area contributed by atoms with Crippen LogP contribution in [-0.2, 0) is 16.5 Å². The van der Waals surface area contributed by atoms with Crippen molar-refractivity contribution in [2.45, 2.75) is 134 Å². The number of benzene rings is 2. The molecule has 5 heteroatoms. The molecule has 0 atom stereocenters. The number of hydrogen-bond donors (Lipinski definition) is 2. The molecule has 0 saturated heterocycles. The zero-order valence-electron chi connectivity index (χ0n) is 22.3. The molecule has 200 valence electrons. The van der Waals surface area contributed by atoms with Gasteiger partial charge in [-0.2, -0.15) is 8.42 Å². The molecule has 0 aromatic heterocycles. The molecule has 0 fully saturated rings. The lowest BCUT2D eigenvalue weighted by molar-refractivity contribution is 0.482. The van der Waals surface area contributed by atoms with Gasteiger partial charge in [-0.1, -0.05) is 152 Å². The van der Waals surface area contributed by atoms with E-state index in [0.717, 1.165) is 23.8 Å². The first kappa shape index (κ1) is 31.6. The highest BCUT2D eigenvalue weighted by Crippen LogP contribution is 2.28. The summed E-state index contributed by atoms with van der Waals surface area (Å²) >= 11 is 0. The molecular formula is C30H51NO3S. The van der Waals surface area contributed by atoms with E-state index in [9.17, 15) is 13.0 Å². The minimum atomic E-state index is -4.23. The number of unbranched alkanes of at least 4 members (excludes halogenated alkanes) is 17. The van der Waals surface area contributed by atoms with Gasteiger partial charge in [-0.3, -0.25) is 4.55 Å². The zero-order chi connectivity index (χ0) is 24.5. The van der Waals surface area contributed by atoms with Gasteiger partial charge in [0.15, 0.2) is 0 Å². The van der Waals surface area contributed by atoms with Crippen molar-refractivity contribution in [3.8, 4) is 0 Å². The Bertz CT molecular complexity index is 911. The van der Waals surface area contributed by atoms with Crippen molar-refractivity contribution in [1.82, 2.24) is 6.15 Å². The summed E-state index contributed by atoms with van der Waals surface area (Å²) in [4.78, 5) is 0.0950. The lowest BCUT2D eigenvalue weighted by atomic mass is 10.0. The second-order valence-electron chi connectivity index (χ2n) is 10.0. The summed E-state index contributed by atoms with van der Waals surface area (Å²) in [6.45, 7) is 2.28. The molecule has 2 aromatic carbocycles. The maximum absolute atomic E-state index is 12.0. The van der Waals surface area contributed by atoms with Gasteiger partial charge in [0.05, 0.1) is 0 Å². The molecule has 0 saturated carbocycles. The van der Waals surface area contributed by atoms with Gasteiger partial charge in [0.2, 0.25) is 0 Å².